The van der Waals surface area contributed by atoms with E-state index in [9.17, 15) is 17.6 Å². The normalized spacial score (nSPS) is 23.0. The first-order chi connectivity index (χ1) is 15.8. The van der Waals surface area contributed by atoms with Gasteiger partial charge in [-0.15, -0.1) is 11.3 Å². The number of halogens is 2. The topological polar surface area (TPSA) is 96.3 Å². The minimum atomic E-state index is -4.57. The number of anilines is 1. The number of hydrogen-bond donors (Lipinski definition) is 2. The van der Waals surface area contributed by atoms with Gasteiger partial charge in [-0.25, -0.2) is 9.37 Å². The van der Waals surface area contributed by atoms with Crippen LogP contribution in [-0.4, -0.2) is 41.2 Å². The molecular formula is C19H19ClFN5O3S2. The SMILES string of the molecule is [2H]C([2H])([2H])N1[C@@H](C(=O)Nc2ccc(F)c(Cl)c2)C[C@@H](c2ccc(-c3cn(C)cn3)s2)NS1(=O)=O. The van der Waals surface area contributed by atoms with E-state index in [1.165, 1.54) is 17.4 Å². The standard InChI is InChI=1S/C19H19ClFN5O3S2/c1-25-9-15(22-10-25)18-6-5-17(30-18)14-8-16(26(2)31(28,29)24-14)19(27)23-11-3-4-13(21)12(20)7-11/h3-7,9-10,14,16,24H,8H2,1-2H3,(H,23,27)/t14-,16+/m0/s1/i2D3. The maximum Gasteiger partial charge on any atom is 0.280 e. The summed E-state index contributed by atoms with van der Waals surface area (Å²) in [5, 5.41) is 2.19. The van der Waals surface area contributed by atoms with E-state index in [-0.39, 0.29) is 21.4 Å². The van der Waals surface area contributed by atoms with Gasteiger partial charge in [-0.05, 0) is 36.8 Å². The van der Waals surface area contributed by atoms with Crippen LogP contribution in [0.4, 0.5) is 10.1 Å². The predicted molar refractivity (Wildman–Crippen MR) is 118 cm³/mol. The lowest BCUT2D eigenvalue weighted by Gasteiger charge is -2.35. The minimum Gasteiger partial charge on any atom is -0.340 e. The Labute approximate surface area is 192 Å². The third-order valence-electron chi connectivity index (χ3n) is 4.71. The molecule has 3 aromatic rings. The molecule has 1 saturated heterocycles. The van der Waals surface area contributed by atoms with Crippen molar-refractivity contribution in [2.24, 2.45) is 7.05 Å². The summed E-state index contributed by atoms with van der Waals surface area (Å²) in [6, 6.07) is 4.51. The summed E-state index contributed by atoms with van der Waals surface area (Å²) in [6.07, 6.45) is 3.29. The maximum atomic E-state index is 13.5. The smallest absolute Gasteiger partial charge is 0.280 e. The number of likely N-dealkylation sites (N-methyl/N-ethyl adjacent to an activating group) is 1. The molecule has 2 atom stereocenters. The molecule has 1 aliphatic rings. The van der Waals surface area contributed by atoms with E-state index in [4.69, 9.17) is 15.7 Å². The van der Waals surface area contributed by atoms with Crippen molar-refractivity contribution in [1.29, 1.82) is 0 Å². The molecule has 1 aromatic carbocycles. The van der Waals surface area contributed by atoms with Crippen LogP contribution in [0.1, 0.15) is 21.5 Å². The summed E-state index contributed by atoms with van der Waals surface area (Å²) in [6.45, 7) is -3.12. The zero-order valence-corrected chi connectivity index (χ0v) is 18.4. The number of carbonyl (C=O) groups excluding carboxylic acids is 1. The van der Waals surface area contributed by atoms with Gasteiger partial charge in [0.25, 0.3) is 10.2 Å². The van der Waals surface area contributed by atoms with E-state index >= 15 is 0 Å². The van der Waals surface area contributed by atoms with Crippen LogP contribution in [0.15, 0.2) is 42.9 Å². The van der Waals surface area contributed by atoms with Crippen LogP contribution in [0.25, 0.3) is 10.6 Å². The Morgan fingerprint density at radius 3 is 2.90 bits per heavy atom. The van der Waals surface area contributed by atoms with Crippen molar-refractivity contribution in [1.82, 2.24) is 18.6 Å². The van der Waals surface area contributed by atoms with E-state index < -0.39 is 41.0 Å². The molecule has 1 fully saturated rings. The molecule has 164 valence electrons. The highest BCUT2D eigenvalue weighted by Crippen LogP contribution is 2.35. The van der Waals surface area contributed by atoms with Gasteiger partial charge in [0.2, 0.25) is 5.91 Å². The second kappa shape index (κ2) is 8.32. The largest absolute Gasteiger partial charge is 0.340 e. The second-order valence-corrected chi connectivity index (χ2v) is 10.1. The molecule has 3 heterocycles. The van der Waals surface area contributed by atoms with Crippen LogP contribution >= 0.6 is 22.9 Å². The average molecular weight is 487 g/mol. The Morgan fingerprint density at radius 1 is 1.42 bits per heavy atom. The van der Waals surface area contributed by atoms with Gasteiger partial charge in [0.1, 0.15) is 11.9 Å². The molecule has 31 heavy (non-hydrogen) atoms. The van der Waals surface area contributed by atoms with Crippen LogP contribution in [0, 0.1) is 5.82 Å². The molecule has 2 aromatic heterocycles. The number of aryl methyl sites for hydroxylation is 1. The predicted octanol–water partition coefficient (Wildman–Crippen LogP) is 3.16. The monoisotopic (exact) mass is 486 g/mol. The van der Waals surface area contributed by atoms with Gasteiger partial charge in [0.05, 0.1) is 28.0 Å². The van der Waals surface area contributed by atoms with Crippen molar-refractivity contribution >= 4 is 44.7 Å². The van der Waals surface area contributed by atoms with Crippen molar-refractivity contribution < 1.29 is 21.7 Å². The summed E-state index contributed by atoms with van der Waals surface area (Å²) < 4.78 is 66.8. The zero-order valence-electron chi connectivity index (χ0n) is 19.0. The molecule has 8 nitrogen and oxygen atoms in total. The lowest BCUT2D eigenvalue weighted by Crippen LogP contribution is -2.55. The van der Waals surface area contributed by atoms with Gasteiger partial charge >= 0.3 is 0 Å². The molecule has 1 amide bonds. The third-order valence-corrected chi connectivity index (χ3v) is 7.58. The fourth-order valence-corrected chi connectivity index (χ4v) is 5.68. The van der Waals surface area contributed by atoms with E-state index in [1.54, 1.807) is 29.2 Å². The first-order valence-corrected chi connectivity index (χ1v) is 11.6. The quantitative estimate of drug-likeness (QED) is 0.592. The van der Waals surface area contributed by atoms with Crippen molar-refractivity contribution in [2.45, 2.75) is 18.5 Å². The Kier molecular flexibility index (Phi) is 4.91. The van der Waals surface area contributed by atoms with Gasteiger partial charge < -0.3 is 9.88 Å². The molecule has 4 rings (SSSR count). The maximum absolute atomic E-state index is 13.5. The van der Waals surface area contributed by atoms with Gasteiger partial charge in [0, 0.05) is 34.9 Å². The van der Waals surface area contributed by atoms with Gasteiger partial charge in [-0.2, -0.15) is 17.4 Å². The molecule has 0 unspecified atom stereocenters. The van der Waals surface area contributed by atoms with Crippen molar-refractivity contribution in [3.63, 3.8) is 0 Å². The van der Waals surface area contributed by atoms with Crippen LogP contribution < -0.4 is 10.0 Å². The fraction of sp³-hybridized carbons (Fsp3) is 0.263. The highest BCUT2D eigenvalue weighted by Gasteiger charge is 2.41. The third kappa shape index (κ3) is 4.51. The Bertz CT molecular complexity index is 1340. The molecule has 1 aliphatic heterocycles. The van der Waals surface area contributed by atoms with Crippen molar-refractivity contribution in [2.75, 3.05) is 12.3 Å². The van der Waals surface area contributed by atoms with Crippen LogP contribution in [0.2, 0.25) is 5.02 Å². The van der Waals surface area contributed by atoms with Gasteiger partial charge in [-0.1, -0.05) is 11.6 Å². The highest BCUT2D eigenvalue weighted by atomic mass is 35.5. The fourth-order valence-electron chi connectivity index (χ4n) is 3.18. The first kappa shape index (κ1) is 18.3. The number of nitrogens with zero attached hydrogens (tertiary/aromatic N) is 3. The molecule has 2 N–H and O–H groups in total. The molecule has 0 radical (unpaired) electrons. The minimum absolute atomic E-state index is 0.0999. The molecule has 0 spiro atoms. The average Bonchev–Trinajstić information content (AvgIpc) is 3.37. The number of hydrogen-bond acceptors (Lipinski definition) is 5. The number of carbonyl (C=O) groups is 1. The highest BCUT2D eigenvalue weighted by molar-refractivity contribution is 7.87. The number of thiophene rings is 1. The van der Waals surface area contributed by atoms with E-state index in [0.717, 1.165) is 17.0 Å². The van der Waals surface area contributed by atoms with Gasteiger partial charge in [-0.3, -0.25) is 4.79 Å². The second-order valence-electron chi connectivity index (χ2n) is 6.97. The summed E-state index contributed by atoms with van der Waals surface area (Å²) in [4.78, 5) is 18.7. The van der Waals surface area contributed by atoms with Crippen molar-refractivity contribution in [3.05, 3.63) is 58.6 Å². The summed E-state index contributed by atoms with van der Waals surface area (Å²) in [5.74, 6) is -1.58. The number of aromatic nitrogens is 2. The Morgan fingerprint density at radius 2 is 2.23 bits per heavy atom. The molecular weight excluding hydrogens is 465 g/mol. The van der Waals surface area contributed by atoms with E-state index in [0.29, 0.717) is 10.6 Å². The summed E-state index contributed by atoms with van der Waals surface area (Å²) >= 11 is 7.03. The number of imidazole rings is 1. The molecule has 12 heteroatoms. The summed E-state index contributed by atoms with van der Waals surface area (Å²) in [5.41, 5.74) is 0.798. The Hall–Kier alpha value is -2.31. The molecule has 0 bridgehead atoms. The van der Waals surface area contributed by atoms with Gasteiger partial charge in [0.15, 0.2) is 0 Å². The van der Waals surface area contributed by atoms with Crippen LogP contribution in [0.3, 0.4) is 0 Å². The lowest BCUT2D eigenvalue weighted by molar-refractivity contribution is -0.120. The van der Waals surface area contributed by atoms with E-state index in [1.807, 2.05) is 7.05 Å². The first-order valence-electron chi connectivity index (χ1n) is 10.5. The molecule has 0 saturated carbocycles. The number of nitrogens with one attached hydrogen (secondary N) is 2. The number of rotatable bonds is 4. The Balaban J connectivity index is 1.65. The summed E-state index contributed by atoms with van der Waals surface area (Å²) in [7, 11) is -2.75. The van der Waals surface area contributed by atoms with Crippen molar-refractivity contribution in [3.8, 4) is 10.6 Å². The van der Waals surface area contributed by atoms with Crippen LogP contribution in [-0.2, 0) is 22.1 Å². The van der Waals surface area contributed by atoms with Crippen LogP contribution in [0.5, 0.6) is 0 Å². The lowest BCUT2D eigenvalue weighted by atomic mass is 10.1. The number of amides is 1. The molecule has 0 aliphatic carbocycles. The van der Waals surface area contributed by atoms with E-state index in [2.05, 4.69) is 15.0 Å². The number of benzene rings is 1. The zero-order chi connectivity index (χ0) is 24.8.